The van der Waals surface area contributed by atoms with E-state index in [0.717, 1.165) is 136 Å². The number of hydrogen-bond donors (Lipinski definition) is 6. The summed E-state index contributed by atoms with van der Waals surface area (Å²) in [7, 11) is 2.71. The van der Waals surface area contributed by atoms with Crippen molar-refractivity contribution in [3.63, 3.8) is 0 Å². The zero-order valence-corrected chi connectivity index (χ0v) is 43.1. The molecule has 10 rings (SSSR count). The number of pyridine rings is 2. The molecule has 2 unspecified atom stereocenters. The predicted octanol–water partition coefficient (Wildman–Crippen LogP) is 5.50. The van der Waals surface area contributed by atoms with E-state index in [4.69, 9.17) is 38.4 Å². The van der Waals surface area contributed by atoms with Crippen molar-refractivity contribution in [3.05, 3.63) is 119 Å². The molecule has 6 N–H and O–H groups in total. The van der Waals surface area contributed by atoms with Gasteiger partial charge in [0, 0.05) is 102 Å². The average Bonchev–Trinajstić information content (AvgIpc) is 4.13. The van der Waals surface area contributed by atoms with E-state index in [9.17, 15) is 19.8 Å². The first-order valence-corrected chi connectivity index (χ1v) is 27.2. The number of ether oxygens (including phenoxy) is 6. The Kier molecular flexibility index (Phi) is 16.9. The van der Waals surface area contributed by atoms with Crippen molar-refractivity contribution in [2.24, 2.45) is 0 Å². The van der Waals surface area contributed by atoms with Crippen molar-refractivity contribution < 1.29 is 48.2 Å². The summed E-state index contributed by atoms with van der Waals surface area (Å²) in [6.45, 7) is 1.87. The second-order valence-corrected chi connectivity index (χ2v) is 21.8. The normalized spacial score (nSPS) is 24.6. The molecule has 6 heterocycles. The molecule has 2 spiro atoms. The summed E-state index contributed by atoms with van der Waals surface area (Å²) in [5.41, 5.74) is 5.32. The van der Waals surface area contributed by atoms with Gasteiger partial charge in [0.2, 0.25) is 11.8 Å². The number of nitrogens with one attached hydrogen (secondary N) is 4. The van der Waals surface area contributed by atoms with E-state index in [-0.39, 0.29) is 48.6 Å². The van der Waals surface area contributed by atoms with Gasteiger partial charge in [-0.15, -0.1) is 0 Å². The molecule has 2 saturated carbocycles. The molecule has 6 aliphatic rings. The zero-order chi connectivity index (χ0) is 51.1. The average molecular weight is 1020 g/mol. The number of methoxy groups -OCH3 is 2. The van der Waals surface area contributed by atoms with Crippen LogP contribution >= 0.6 is 0 Å². The number of amides is 2. The monoisotopic (exact) mass is 1020 g/mol. The number of benzene rings is 2. The molecule has 16 nitrogen and oxygen atoms in total. The Bertz CT molecular complexity index is 2310. The van der Waals surface area contributed by atoms with Crippen LogP contribution in [0.15, 0.2) is 85.2 Å². The lowest BCUT2D eigenvalue weighted by molar-refractivity contribution is -0.153. The van der Waals surface area contributed by atoms with Gasteiger partial charge >= 0.3 is 0 Å². The summed E-state index contributed by atoms with van der Waals surface area (Å²) in [5.74, 6) is -0.00315. The van der Waals surface area contributed by atoms with Gasteiger partial charge in [-0.05, 0) is 111 Å². The maximum Gasteiger partial charge on any atom is 0.252 e. The van der Waals surface area contributed by atoms with Gasteiger partial charge in [0.1, 0.15) is 11.2 Å². The minimum Gasteiger partial charge on any atom is -0.471 e. The lowest BCUT2D eigenvalue weighted by Crippen LogP contribution is -2.59. The molecule has 2 aromatic heterocycles. The maximum absolute atomic E-state index is 14.5. The highest BCUT2D eigenvalue weighted by Crippen LogP contribution is 2.50. The lowest BCUT2D eigenvalue weighted by atomic mass is 9.73. The zero-order valence-electron chi connectivity index (χ0n) is 43.1. The summed E-state index contributed by atoms with van der Waals surface area (Å²) in [6.07, 6.45) is 13.0. The molecule has 4 aromatic rings. The minimum absolute atomic E-state index is 0.139. The fourth-order valence-electron chi connectivity index (χ4n) is 12.0. The smallest absolute Gasteiger partial charge is 0.252 e. The highest BCUT2D eigenvalue weighted by atomic mass is 16.5. The van der Waals surface area contributed by atoms with E-state index in [2.05, 4.69) is 33.4 Å². The van der Waals surface area contributed by atoms with Crippen LogP contribution in [0.25, 0.3) is 0 Å². The molecular formula is C58H76N6O10. The Morgan fingerprint density at radius 1 is 0.622 bits per heavy atom. The van der Waals surface area contributed by atoms with Crippen LogP contribution in [-0.2, 0) is 54.2 Å². The molecule has 4 aliphatic heterocycles. The second-order valence-electron chi connectivity index (χ2n) is 21.8. The van der Waals surface area contributed by atoms with Gasteiger partial charge in [0.25, 0.3) is 11.8 Å². The SMILES string of the molecule is COC(C(=O)N[C@@H](Cc1ccccc1)[C@@H](O)CN[C@H]1CC2(CCC2)Oc2ncc(C[C@H]3CCCO3)cc21)C(OC)C(=O)N[C@@H](Cc1ccccc1)[C@@H](O)CN[C@H]1CC2(CCC2)Oc2ncc(C[C@@H]3CCCO3)cc21. The number of carbonyl (C=O) groups excluding carboxylic acids is 2. The van der Waals surface area contributed by atoms with E-state index in [0.29, 0.717) is 24.6 Å². The molecule has 2 aliphatic carbocycles. The third kappa shape index (κ3) is 12.5. The summed E-state index contributed by atoms with van der Waals surface area (Å²) in [4.78, 5) is 38.6. The molecule has 16 heteroatoms. The number of aliphatic hydroxyl groups excluding tert-OH is 2. The number of rotatable bonds is 23. The third-order valence-corrected chi connectivity index (χ3v) is 16.5. The summed E-state index contributed by atoms with van der Waals surface area (Å²) in [6, 6.07) is 21.8. The van der Waals surface area contributed by atoms with Crippen LogP contribution in [0.3, 0.4) is 0 Å². The number of fused-ring (bicyclic) bond motifs is 2. The molecule has 10 atom stereocenters. The minimum atomic E-state index is -1.41. The van der Waals surface area contributed by atoms with Gasteiger partial charge in [-0.25, -0.2) is 9.97 Å². The highest BCUT2D eigenvalue weighted by Gasteiger charge is 2.48. The number of aliphatic hydroxyl groups is 2. The molecule has 0 radical (unpaired) electrons. The Hall–Kier alpha value is -5.04. The Morgan fingerprint density at radius 2 is 1.04 bits per heavy atom. The summed E-state index contributed by atoms with van der Waals surface area (Å²) in [5, 5.41) is 37.6. The molecule has 2 aromatic carbocycles. The van der Waals surface area contributed by atoms with E-state index in [1.54, 1.807) is 0 Å². The highest BCUT2D eigenvalue weighted by molar-refractivity contribution is 5.91. The van der Waals surface area contributed by atoms with Crippen LogP contribution < -0.4 is 30.7 Å². The first-order valence-electron chi connectivity index (χ1n) is 27.2. The summed E-state index contributed by atoms with van der Waals surface area (Å²) >= 11 is 0. The van der Waals surface area contributed by atoms with Gasteiger partial charge in [-0.1, -0.05) is 60.7 Å². The molecular weight excluding hydrogens is 941 g/mol. The molecule has 0 bridgehead atoms. The van der Waals surface area contributed by atoms with Crippen LogP contribution in [0.1, 0.15) is 123 Å². The van der Waals surface area contributed by atoms with Gasteiger partial charge in [-0.3, -0.25) is 9.59 Å². The largest absolute Gasteiger partial charge is 0.471 e. The lowest BCUT2D eigenvalue weighted by Gasteiger charge is -2.47. The van der Waals surface area contributed by atoms with Gasteiger partial charge in [0.15, 0.2) is 12.2 Å². The molecule has 398 valence electrons. The topological polar surface area (TPSA) is 204 Å². The standard InChI is InChI=1S/C58H76N6O10/c1-69-51(53(67)63-45(29-37-13-5-3-6-14-37)49(65)35-59-47-31-57(19-11-20-57)73-55-43(47)27-39(33-61-55)25-41-17-9-23-71-41)52(70-2)54(68)64-46(30-38-15-7-4-8-16-38)50(66)36-60-48-32-58(21-12-22-58)74-56-44(48)28-40(34-62-56)26-42-18-10-24-72-42/h3-8,13-16,27-28,33-34,41-42,45-52,59-60,65-66H,9-12,17-26,29-32,35-36H2,1-2H3,(H,63,67)(H,64,68)/t41-,42+,45-,46-,47-,48-,49-,50-,51?,52?/m0/s1. The molecule has 4 fully saturated rings. The van der Waals surface area contributed by atoms with Crippen molar-refractivity contribution in [2.75, 3.05) is 40.5 Å². The molecule has 2 saturated heterocycles. The van der Waals surface area contributed by atoms with E-state index < -0.39 is 48.3 Å². The first kappa shape index (κ1) is 52.4. The maximum atomic E-state index is 14.5. The van der Waals surface area contributed by atoms with Gasteiger partial charge in [-0.2, -0.15) is 0 Å². The van der Waals surface area contributed by atoms with Crippen LogP contribution in [0.5, 0.6) is 11.8 Å². The Labute approximate surface area is 435 Å². The van der Waals surface area contributed by atoms with Gasteiger partial charge < -0.3 is 59.9 Å². The van der Waals surface area contributed by atoms with Crippen LogP contribution in [0.4, 0.5) is 0 Å². The van der Waals surface area contributed by atoms with E-state index >= 15 is 0 Å². The van der Waals surface area contributed by atoms with E-state index in [1.807, 2.05) is 73.1 Å². The van der Waals surface area contributed by atoms with Crippen molar-refractivity contribution in [3.8, 4) is 11.8 Å². The molecule has 74 heavy (non-hydrogen) atoms. The number of nitrogens with zero attached hydrogens (tertiary/aromatic N) is 2. The van der Waals surface area contributed by atoms with Gasteiger partial charge in [0.05, 0.1) is 36.5 Å². The van der Waals surface area contributed by atoms with Crippen molar-refractivity contribution in [1.29, 1.82) is 0 Å². The Morgan fingerprint density at radius 3 is 1.39 bits per heavy atom. The molecule has 2 amide bonds. The van der Waals surface area contributed by atoms with Crippen LogP contribution in [-0.4, -0.2) is 132 Å². The number of carbonyl (C=O) groups is 2. The van der Waals surface area contributed by atoms with Crippen molar-refractivity contribution in [1.82, 2.24) is 31.2 Å². The van der Waals surface area contributed by atoms with Crippen molar-refractivity contribution in [2.45, 2.75) is 175 Å². The predicted molar refractivity (Wildman–Crippen MR) is 277 cm³/mol. The number of hydrogen-bond acceptors (Lipinski definition) is 14. The van der Waals surface area contributed by atoms with E-state index in [1.165, 1.54) is 14.2 Å². The van der Waals surface area contributed by atoms with Crippen LogP contribution in [0, 0.1) is 0 Å². The summed E-state index contributed by atoms with van der Waals surface area (Å²) < 4.78 is 36.6. The Balaban J connectivity index is 0.823. The fourth-order valence-corrected chi connectivity index (χ4v) is 12.0. The quantitative estimate of drug-likeness (QED) is 0.0544. The third-order valence-electron chi connectivity index (χ3n) is 16.5. The second kappa shape index (κ2) is 23.9. The first-order chi connectivity index (χ1) is 36.1. The van der Waals surface area contributed by atoms with Crippen molar-refractivity contribution >= 4 is 11.8 Å². The van der Waals surface area contributed by atoms with Crippen LogP contribution in [0.2, 0.25) is 0 Å². The number of aromatic nitrogens is 2. The fraction of sp³-hybridized carbons (Fsp3) is 0.586.